The second kappa shape index (κ2) is 12.2. The van der Waals surface area contributed by atoms with Gasteiger partial charge in [-0.05, 0) is 61.9 Å². The molecular weight excluding hydrogens is 492 g/mol. The van der Waals surface area contributed by atoms with Gasteiger partial charge in [-0.1, -0.05) is 63.2 Å². The number of likely N-dealkylation sites (tertiary alicyclic amines) is 1. The maximum Gasteiger partial charge on any atom is 0.246 e. The number of likely N-dealkylation sites (N-methyl/N-ethyl adjacent to an activating group) is 1. The summed E-state index contributed by atoms with van der Waals surface area (Å²) in [6.45, 7) is 7.76. The van der Waals surface area contributed by atoms with Gasteiger partial charge in [0, 0.05) is 6.42 Å². The first-order chi connectivity index (χ1) is 18.6. The number of ether oxygens (including phenoxy) is 1. The van der Waals surface area contributed by atoms with E-state index < -0.39 is 23.5 Å². The lowest BCUT2D eigenvalue weighted by Gasteiger charge is -2.36. The highest BCUT2D eigenvalue weighted by molar-refractivity contribution is 5.94. The van der Waals surface area contributed by atoms with E-state index >= 15 is 0 Å². The molecule has 0 bridgehead atoms. The Bertz CT molecular complexity index is 1160. The predicted molar refractivity (Wildman–Crippen MR) is 151 cm³/mol. The largest absolute Gasteiger partial charge is 0.488 e. The van der Waals surface area contributed by atoms with E-state index in [9.17, 15) is 14.4 Å². The molecule has 2 aromatic carbocycles. The number of amides is 3. The SMILES string of the molecule is CN[C@@H](C)C(=O)N[C@H](C(=O)N1CC(Oc2ccccc2)C[C@H]1C(=O)NC1CCCc2ccccc21)C(C)(C)C. The van der Waals surface area contributed by atoms with Crippen LogP contribution in [0.4, 0.5) is 0 Å². The Hall–Kier alpha value is -3.39. The summed E-state index contributed by atoms with van der Waals surface area (Å²) in [5.74, 6) is -0.0307. The van der Waals surface area contributed by atoms with Crippen LogP contribution in [0.25, 0.3) is 0 Å². The lowest BCUT2D eigenvalue weighted by molar-refractivity contribution is -0.144. The van der Waals surface area contributed by atoms with Crippen molar-refractivity contribution in [1.82, 2.24) is 20.9 Å². The van der Waals surface area contributed by atoms with E-state index in [0.29, 0.717) is 12.2 Å². The number of rotatable bonds is 8. The first-order valence-corrected chi connectivity index (χ1v) is 14.0. The molecule has 1 heterocycles. The molecule has 1 aliphatic heterocycles. The second-order valence-corrected chi connectivity index (χ2v) is 11.8. The van der Waals surface area contributed by atoms with Crippen LogP contribution in [0.1, 0.15) is 64.1 Å². The van der Waals surface area contributed by atoms with Gasteiger partial charge in [0.15, 0.2) is 0 Å². The molecule has 39 heavy (non-hydrogen) atoms. The summed E-state index contributed by atoms with van der Waals surface area (Å²) in [6, 6.07) is 15.6. The highest BCUT2D eigenvalue weighted by Crippen LogP contribution is 2.32. The third kappa shape index (κ3) is 6.79. The van der Waals surface area contributed by atoms with Gasteiger partial charge in [0.25, 0.3) is 0 Å². The van der Waals surface area contributed by atoms with Gasteiger partial charge in [-0.3, -0.25) is 14.4 Å². The van der Waals surface area contributed by atoms with Crippen LogP contribution in [0.3, 0.4) is 0 Å². The average Bonchev–Trinajstić information content (AvgIpc) is 3.34. The summed E-state index contributed by atoms with van der Waals surface area (Å²) in [5, 5.41) is 9.11. The molecule has 4 rings (SSSR count). The van der Waals surface area contributed by atoms with Crippen molar-refractivity contribution in [3.05, 3.63) is 65.7 Å². The van der Waals surface area contributed by atoms with Crippen molar-refractivity contribution in [2.75, 3.05) is 13.6 Å². The van der Waals surface area contributed by atoms with Crippen LogP contribution in [-0.2, 0) is 20.8 Å². The molecule has 8 nitrogen and oxygen atoms in total. The topological polar surface area (TPSA) is 99.8 Å². The Morgan fingerprint density at radius 1 is 1.03 bits per heavy atom. The first-order valence-electron chi connectivity index (χ1n) is 14.0. The summed E-state index contributed by atoms with van der Waals surface area (Å²) in [4.78, 5) is 42.3. The molecule has 1 saturated heterocycles. The smallest absolute Gasteiger partial charge is 0.246 e. The van der Waals surface area contributed by atoms with Gasteiger partial charge < -0.3 is 25.6 Å². The number of carbonyl (C=O) groups excluding carboxylic acids is 3. The molecule has 1 aliphatic carbocycles. The van der Waals surface area contributed by atoms with E-state index in [1.54, 1.807) is 18.9 Å². The van der Waals surface area contributed by atoms with Crippen molar-refractivity contribution in [2.24, 2.45) is 5.41 Å². The standard InChI is InChI=1S/C31H42N4O4/c1-20(32-5)28(36)34-27(31(2,3)4)30(38)35-19-23(39-22-14-7-6-8-15-22)18-26(35)29(37)33-25-17-11-13-21-12-9-10-16-24(21)25/h6-10,12,14-16,20,23,25-27,32H,11,13,17-19H2,1-5H3,(H,33,37)(H,34,36)/t20-,23?,25?,26-,27+/m0/s1. The van der Waals surface area contributed by atoms with Gasteiger partial charge in [0.2, 0.25) is 17.7 Å². The fourth-order valence-corrected chi connectivity index (χ4v) is 5.45. The minimum atomic E-state index is -0.804. The average molecular weight is 535 g/mol. The molecule has 2 unspecified atom stereocenters. The van der Waals surface area contributed by atoms with Gasteiger partial charge in [0.1, 0.15) is 23.9 Å². The van der Waals surface area contributed by atoms with E-state index in [2.05, 4.69) is 28.1 Å². The Balaban J connectivity index is 1.58. The summed E-state index contributed by atoms with van der Waals surface area (Å²) >= 11 is 0. The van der Waals surface area contributed by atoms with Gasteiger partial charge in [-0.25, -0.2) is 0 Å². The number of nitrogens with zero attached hydrogens (tertiary/aromatic N) is 1. The van der Waals surface area contributed by atoms with Crippen molar-refractivity contribution in [3.8, 4) is 5.75 Å². The van der Waals surface area contributed by atoms with Crippen LogP contribution in [0.15, 0.2) is 54.6 Å². The monoisotopic (exact) mass is 534 g/mol. The lowest BCUT2D eigenvalue weighted by atomic mass is 9.85. The molecule has 1 fully saturated rings. The number of para-hydroxylation sites is 1. The molecule has 0 saturated carbocycles. The van der Waals surface area contributed by atoms with Crippen LogP contribution in [0, 0.1) is 5.41 Å². The van der Waals surface area contributed by atoms with E-state index in [-0.39, 0.29) is 36.4 Å². The van der Waals surface area contributed by atoms with Crippen molar-refractivity contribution < 1.29 is 19.1 Å². The summed E-state index contributed by atoms with van der Waals surface area (Å²) < 4.78 is 6.21. The predicted octanol–water partition coefficient (Wildman–Crippen LogP) is 3.37. The number of nitrogens with one attached hydrogen (secondary N) is 3. The van der Waals surface area contributed by atoms with Crippen LogP contribution in [-0.4, -0.2) is 60.4 Å². The van der Waals surface area contributed by atoms with Gasteiger partial charge in [-0.15, -0.1) is 0 Å². The molecule has 3 amide bonds. The summed E-state index contributed by atoms with van der Waals surface area (Å²) in [5.41, 5.74) is 1.83. The molecule has 0 aromatic heterocycles. The molecule has 8 heteroatoms. The maximum absolute atomic E-state index is 14.1. The fraction of sp³-hybridized carbons (Fsp3) is 0.516. The van der Waals surface area contributed by atoms with Crippen molar-refractivity contribution in [2.45, 2.75) is 83.6 Å². The van der Waals surface area contributed by atoms with Crippen molar-refractivity contribution >= 4 is 17.7 Å². The van der Waals surface area contributed by atoms with Crippen LogP contribution in [0.2, 0.25) is 0 Å². The van der Waals surface area contributed by atoms with E-state index in [0.717, 1.165) is 24.8 Å². The molecule has 5 atom stereocenters. The Morgan fingerprint density at radius 3 is 2.41 bits per heavy atom. The van der Waals surface area contributed by atoms with Crippen molar-refractivity contribution in [3.63, 3.8) is 0 Å². The third-order valence-electron chi connectivity index (χ3n) is 7.81. The third-order valence-corrected chi connectivity index (χ3v) is 7.81. The zero-order valence-corrected chi connectivity index (χ0v) is 23.7. The van der Waals surface area contributed by atoms with Gasteiger partial charge >= 0.3 is 0 Å². The Kier molecular flexibility index (Phi) is 8.95. The lowest BCUT2D eigenvalue weighted by Crippen LogP contribution is -2.59. The zero-order valence-electron chi connectivity index (χ0n) is 23.7. The second-order valence-electron chi connectivity index (χ2n) is 11.8. The molecular formula is C31H42N4O4. The number of fused-ring (bicyclic) bond motifs is 1. The Morgan fingerprint density at radius 2 is 1.72 bits per heavy atom. The molecule has 3 N–H and O–H groups in total. The first kappa shape index (κ1) is 28.6. The van der Waals surface area contributed by atoms with Gasteiger partial charge in [-0.2, -0.15) is 0 Å². The van der Waals surface area contributed by atoms with Crippen LogP contribution < -0.4 is 20.7 Å². The minimum absolute atomic E-state index is 0.0944. The quantitative estimate of drug-likeness (QED) is 0.482. The normalized spacial score (nSPS) is 22.4. The maximum atomic E-state index is 14.1. The Labute approximate surface area is 231 Å². The zero-order chi connectivity index (χ0) is 28.2. The molecule has 2 aromatic rings. The van der Waals surface area contributed by atoms with Gasteiger partial charge in [0.05, 0.1) is 18.6 Å². The summed E-state index contributed by atoms with van der Waals surface area (Å²) in [7, 11) is 1.70. The van der Waals surface area contributed by atoms with E-state index in [1.165, 1.54) is 5.56 Å². The molecule has 0 spiro atoms. The molecule has 210 valence electrons. The number of hydrogen-bond donors (Lipinski definition) is 3. The van der Waals surface area contributed by atoms with E-state index in [1.807, 2.05) is 63.2 Å². The fourth-order valence-electron chi connectivity index (χ4n) is 5.45. The molecule has 2 aliphatic rings. The van der Waals surface area contributed by atoms with E-state index in [4.69, 9.17) is 4.74 Å². The number of carbonyl (C=O) groups is 3. The highest BCUT2D eigenvalue weighted by Gasteiger charge is 2.46. The number of hydrogen-bond acceptors (Lipinski definition) is 5. The minimum Gasteiger partial charge on any atom is -0.488 e. The van der Waals surface area contributed by atoms with Crippen LogP contribution >= 0.6 is 0 Å². The van der Waals surface area contributed by atoms with Crippen molar-refractivity contribution in [1.29, 1.82) is 0 Å². The van der Waals surface area contributed by atoms with Crippen LogP contribution in [0.5, 0.6) is 5.75 Å². The summed E-state index contributed by atoms with van der Waals surface area (Å²) in [6.07, 6.45) is 2.88. The highest BCUT2D eigenvalue weighted by atomic mass is 16.5. The molecule has 0 radical (unpaired) electrons. The number of aryl methyl sites for hydroxylation is 1. The number of benzene rings is 2.